The molecule has 0 radical (unpaired) electrons. The van der Waals surface area contributed by atoms with Crippen LogP contribution in [-0.4, -0.2) is 38.2 Å². The maximum absolute atomic E-state index is 11.9. The van der Waals surface area contributed by atoms with Gasteiger partial charge in [0.1, 0.15) is 28.2 Å². The summed E-state index contributed by atoms with van der Waals surface area (Å²) in [5, 5.41) is 23.5. The van der Waals surface area contributed by atoms with E-state index in [2.05, 4.69) is 15.3 Å². The monoisotopic (exact) mass is 497 g/mol. The molecule has 0 amide bonds. The lowest BCUT2D eigenvalue weighted by Crippen LogP contribution is -2.32. The van der Waals surface area contributed by atoms with Crippen LogP contribution in [0.15, 0.2) is 66.9 Å². The van der Waals surface area contributed by atoms with Crippen molar-refractivity contribution >= 4 is 51.9 Å². The fourth-order valence-electron chi connectivity index (χ4n) is 3.27. The summed E-state index contributed by atoms with van der Waals surface area (Å²) < 4.78 is 5.64. The second kappa shape index (κ2) is 9.94. The van der Waals surface area contributed by atoms with Crippen LogP contribution in [0.2, 0.25) is 10.0 Å². The predicted molar refractivity (Wildman–Crippen MR) is 128 cm³/mol. The fraction of sp³-hybridized carbons (Fsp3) is 0.0833. The molecule has 0 aliphatic carbocycles. The molecular weight excluding hydrogens is 481 g/mol. The number of halogens is 2. The second-order valence-corrected chi connectivity index (χ2v) is 8.15. The van der Waals surface area contributed by atoms with Crippen molar-refractivity contribution in [2.75, 3.05) is 5.32 Å². The number of aromatic nitrogens is 2. The van der Waals surface area contributed by atoms with Gasteiger partial charge in [-0.15, -0.1) is 0 Å². The van der Waals surface area contributed by atoms with Gasteiger partial charge in [0.15, 0.2) is 0 Å². The number of aromatic carboxylic acids is 1. The lowest BCUT2D eigenvalue weighted by Gasteiger charge is -2.17. The molecule has 2 aromatic carbocycles. The van der Waals surface area contributed by atoms with Crippen LogP contribution in [0.3, 0.4) is 0 Å². The lowest BCUT2D eigenvalue weighted by atomic mass is 10.0. The highest BCUT2D eigenvalue weighted by Crippen LogP contribution is 2.27. The number of fused-ring (bicyclic) bond motifs is 1. The minimum atomic E-state index is -1.24. The quantitative estimate of drug-likeness (QED) is 0.290. The number of nitrogens with one attached hydrogen (secondary N) is 1. The van der Waals surface area contributed by atoms with E-state index in [1.165, 1.54) is 6.07 Å². The Morgan fingerprint density at radius 2 is 1.79 bits per heavy atom. The Kier molecular flexibility index (Phi) is 6.81. The highest BCUT2D eigenvalue weighted by molar-refractivity contribution is 6.32. The topological polar surface area (TPSA) is 122 Å². The van der Waals surface area contributed by atoms with Gasteiger partial charge >= 0.3 is 11.9 Å². The standard InChI is InChI=1S/C24H17Cl2N3O5/c25-15-5-8-19-14(11-15)12-17(23(30)31)21(28-19)29-20(24(32)33)10-13-3-6-16(7-4-13)34-22-18(26)2-1-9-27-22/h1-9,11-12,20H,10H2,(H,28,29)(H,30,31)(H,32,33)/t20-/m0/s1. The van der Waals surface area contributed by atoms with Gasteiger partial charge in [-0.05, 0) is 54.1 Å². The normalized spacial score (nSPS) is 11.7. The summed E-state index contributed by atoms with van der Waals surface area (Å²) in [6, 6.07) is 15.2. The molecule has 0 saturated carbocycles. The van der Waals surface area contributed by atoms with Gasteiger partial charge in [0.2, 0.25) is 5.88 Å². The van der Waals surface area contributed by atoms with E-state index in [-0.39, 0.29) is 23.7 Å². The Labute approximate surface area is 203 Å². The molecule has 0 saturated heterocycles. The SMILES string of the molecule is O=C(O)c1cc2cc(Cl)ccc2nc1N[C@@H](Cc1ccc(Oc2ncccc2Cl)cc1)C(=O)O. The van der Waals surface area contributed by atoms with E-state index in [9.17, 15) is 19.8 Å². The molecule has 0 spiro atoms. The van der Waals surface area contributed by atoms with Crippen LogP contribution in [0, 0.1) is 0 Å². The third-order valence-electron chi connectivity index (χ3n) is 4.92. The second-order valence-electron chi connectivity index (χ2n) is 7.30. The Morgan fingerprint density at radius 3 is 2.47 bits per heavy atom. The first-order valence-corrected chi connectivity index (χ1v) is 10.8. The molecule has 1 atom stereocenters. The maximum Gasteiger partial charge on any atom is 0.339 e. The number of hydrogen-bond donors (Lipinski definition) is 3. The first-order valence-electron chi connectivity index (χ1n) is 10.0. The first kappa shape index (κ1) is 23.3. The van der Waals surface area contributed by atoms with Gasteiger partial charge in [0, 0.05) is 23.0 Å². The van der Waals surface area contributed by atoms with Gasteiger partial charge in [0.05, 0.1) is 5.52 Å². The summed E-state index contributed by atoms with van der Waals surface area (Å²) in [6.45, 7) is 0. The van der Waals surface area contributed by atoms with Gasteiger partial charge in [-0.25, -0.2) is 19.6 Å². The molecule has 0 fully saturated rings. The van der Waals surface area contributed by atoms with Gasteiger partial charge in [-0.1, -0.05) is 35.3 Å². The number of carboxylic acids is 2. The largest absolute Gasteiger partial charge is 0.480 e. The number of benzene rings is 2. The van der Waals surface area contributed by atoms with Crippen LogP contribution in [0.4, 0.5) is 5.82 Å². The summed E-state index contributed by atoms with van der Waals surface area (Å²) >= 11 is 12.0. The number of ether oxygens (including phenoxy) is 1. The van der Waals surface area contributed by atoms with Crippen molar-refractivity contribution in [2.24, 2.45) is 0 Å². The Morgan fingerprint density at radius 1 is 1.03 bits per heavy atom. The average molecular weight is 498 g/mol. The maximum atomic E-state index is 11.9. The molecule has 4 rings (SSSR count). The molecule has 34 heavy (non-hydrogen) atoms. The molecule has 2 heterocycles. The number of carbonyl (C=O) groups is 2. The minimum absolute atomic E-state index is 0.0422. The van der Waals surface area contributed by atoms with Crippen molar-refractivity contribution in [2.45, 2.75) is 12.5 Å². The van der Waals surface area contributed by atoms with Crippen molar-refractivity contribution in [3.63, 3.8) is 0 Å². The zero-order chi connectivity index (χ0) is 24.2. The lowest BCUT2D eigenvalue weighted by molar-refractivity contribution is -0.137. The van der Waals surface area contributed by atoms with Crippen molar-refractivity contribution in [3.05, 3.63) is 88.0 Å². The van der Waals surface area contributed by atoms with Gasteiger partial charge < -0.3 is 20.3 Å². The first-order chi connectivity index (χ1) is 16.3. The molecule has 3 N–H and O–H groups in total. The van der Waals surface area contributed by atoms with Crippen molar-refractivity contribution < 1.29 is 24.5 Å². The number of anilines is 1. The molecule has 0 bridgehead atoms. The van der Waals surface area contributed by atoms with E-state index in [1.807, 2.05) is 0 Å². The Bertz CT molecular complexity index is 1380. The highest BCUT2D eigenvalue weighted by Gasteiger charge is 2.22. The van der Waals surface area contributed by atoms with E-state index in [0.29, 0.717) is 32.3 Å². The Balaban J connectivity index is 1.55. The van der Waals surface area contributed by atoms with Gasteiger partial charge in [-0.2, -0.15) is 0 Å². The van der Waals surface area contributed by atoms with Gasteiger partial charge in [-0.3, -0.25) is 0 Å². The zero-order valence-corrected chi connectivity index (χ0v) is 18.9. The van der Waals surface area contributed by atoms with Crippen molar-refractivity contribution in [1.82, 2.24) is 9.97 Å². The van der Waals surface area contributed by atoms with E-state index in [4.69, 9.17) is 27.9 Å². The Hall–Kier alpha value is -3.88. The van der Waals surface area contributed by atoms with Crippen LogP contribution < -0.4 is 10.1 Å². The predicted octanol–water partition coefficient (Wildman–Crippen LogP) is 5.53. The smallest absolute Gasteiger partial charge is 0.339 e. The number of nitrogens with zero attached hydrogens (tertiary/aromatic N) is 2. The number of carboxylic acid groups (broad SMARTS) is 2. The van der Waals surface area contributed by atoms with E-state index in [0.717, 1.165) is 0 Å². The summed E-state index contributed by atoms with van der Waals surface area (Å²) in [6.07, 6.45) is 1.62. The summed E-state index contributed by atoms with van der Waals surface area (Å²) in [5.41, 5.74) is 1.01. The number of hydrogen-bond acceptors (Lipinski definition) is 6. The van der Waals surface area contributed by atoms with Crippen molar-refractivity contribution in [1.29, 1.82) is 0 Å². The van der Waals surface area contributed by atoms with Crippen LogP contribution in [0.5, 0.6) is 11.6 Å². The molecule has 0 aliphatic rings. The van der Waals surface area contributed by atoms with Crippen LogP contribution >= 0.6 is 23.2 Å². The van der Waals surface area contributed by atoms with E-state index in [1.54, 1.807) is 60.8 Å². The van der Waals surface area contributed by atoms with Crippen molar-refractivity contribution in [3.8, 4) is 11.6 Å². The molecule has 2 aromatic heterocycles. The fourth-order valence-corrected chi connectivity index (χ4v) is 3.61. The number of rotatable bonds is 8. The molecule has 8 nitrogen and oxygen atoms in total. The molecule has 0 aliphatic heterocycles. The van der Waals surface area contributed by atoms with Crippen LogP contribution in [0.25, 0.3) is 10.9 Å². The van der Waals surface area contributed by atoms with Gasteiger partial charge in [0.25, 0.3) is 0 Å². The minimum Gasteiger partial charge on any atom is -0.480 e. The molecule has 4 aromatic rings. The number of pyridine rings is 2. The number of aliphatic carboxylic acids is 1. The molecular formula is C24H17Cl2N3O5. The van der Waals surface area contributed by atoms with Crippen LogP contribution in [0.1, 0.15) is 15.9 Å². The highest BCUT2D eigenvalue weighted by atomic mass is 35.5. The molecule has 172 valence electrons. The molecule has 10 heteroatoms. The summed E-state index contributed by atoms with van der Waals surface area (Å²) in [7, 11) is 0. The average Bonchev–Trinajstić information content (AvgIpc) is 2.80. The van der Waals surface area contributed by atoms with E-state index < -0.39 is 18.0 Å². The zero-order valence-electron chi connectivity index (χ0n) is 17.4. The summed E-state index contributed by atoms with van der Waals surface area (Å²) in [5.74, 6) is -1.70. The van der Waals surface area contributed by atoms with E-state index >= 15 is 0 Å². The summed E-state index contributed by atoms with van der Waals surface area (Å²) in [4.78, 5) is 32.1. The third-order valence-corrected chi connectivity index (χ3v) is 5.44. The molecule has 0 unspecified atom stereocenters. The van der Waals surface area contributed by atoms with Crippen LogP contribution in [-0.2, 0) is 11.2 Å². The third kappa shape index (κ3) is 5.36.